The van der Waals surface area contributed by atoms with Gasteiger partial charge < -0.3 is 10.1 Å². The average Bonchev–Trinajstić information content (AvgIpc) is 3.33. The summed E-state index contributed by atoms with van der Waals surface area (Å²) in [5.74, 6) is 0.765. The number of ether oxygens (including phenoxy) is 1. The molecule has 0 saturated carbocycles. The van der Waals surface area contributed by atoms with Gasteiger partial charge in [0.1, 0.15) is 17.5 Å². The number of anilines is 1. The molecule has 166 valence electrons. The van der Waals surface area contributed by atoms with Crippen LogP contribution in [0.2, 0.25) is 0 Å². The van der Waals surface area contributed by atoms with Gasteiger partial charge in [-0.1, -0.05) is 12.1 Å². The van der Waals surface area contributed by atoms with E-state index in [9.17, 15) is 12.8 Å². The van der Waals surface area contributed by atoms with Crippen LogP contribution in [0.25, 0.3) is 0 Å². The molecule has 9 heteroatoms. The van der Waals surface area contributed by atoms with Gasteiger partial charge in [0.25, 0.3) is 0 Å². The van der Waals surface area contributed by atoms with Crippen molar-refractivity contribution >= 4 is 15.8 Å². The summed E-state index contributed by atoms with van der Waals surface area (Å²) in [5, 5.41) is 3.42. The van der Waals surface area contributed by atoms with E-state index in [2.05, 4.69) is 15.3 Å². The van der Waals surface area contributed by atoms with Gasteiger partial charge in [-0.25, -0.2) is 22.8 Å². The van der Waals surface area contributed by atoms with E-state index in [-0.39, 0.29) is 23.9 Å². The lowest BCUT2D eigenvalue weighted by atomic mass is 10.00. The van der Waals surface area contributed by atoms with Crippen LogP contribution in [-0.2, 0) is 26.9 Å². The number of nitrogens with zero attached hydrogens (tertiary/aromatic N) is 3. The number of aromatic nitrogens is 2. The van der Waals surface area contributed by atoms with Crippen molar-refractivity contribution in [1.29, 1.82) is 0 Å². The largest absolute Gasteiger partial charge is 0.376 e. The van der Waals surface area contributed by atoms with Crippen LogP contribution in [0.15, 0.2) is 24.3 Å². The van der Waals surface area contributed by atoms with Crippen molar-refractivity contribution in [3.63, 3.8) is 0 Å². The first kappa shape index (κ1) is 20.8. The quantitative estimate of drug-likeness (QED) is 0.734. The topological polar surface area (TPSA) is 84.4 Å². The van der Waals surface area contributed by atoms with Gasteiger partial charge in [-0.2, -0.15) is 4.31 Å². The molecule has 3 aliphatic heterocycles. The van der Waals surface area contributed by atoms with Gasteiger partial charge in [0.2, 0.25) is 10.0 Å². The number of benzene rings is 1. The van der Waals surface area contributed by atoms with E-state index >= 15 is 0 Å². The van der Waals surface area contributed by atoms with Crippen LogP contribution < -0.4 is 5.32 Å². The van der Waals surface area contributed by atoms with E-state index in [1.54, 1.807) is 16.4 Å². The average molecular weight is 447 g/mol. The molecule has 0 unspecified atom stereocenters. The molecule has 2 bridgehead atoms. The van der Waals surface area contributed by atoms with E-state index in [1.165, 1.54) is 12.1 Å². The second kappa shape index (κ2) is 8.11. The summed E-state index contributed by atoms with van der Waals surface area (Å²) in [6.45, 7) is 3.30. The van der Waals surface area contributed by atoms with Crippen molar-refractivity contribution in [1.82, 2.24) is 14.3 Å². The van der Waals surface area contributed by atoms with Crippen LogP contribution >= 0.6 is 0 Å². The zero-order valence-corrected chi connectivity index (χ0v) is 18.4. The summed E-state index contributed by atoms with van der Waals surface area (Å²) in [7, 11) is -3.63. The zero-order valence-electron chi connectivity index (χ0n) is 17.6. The summed E-state index contributed by atoms with van der Waals surface area (Å²) in [6, 6.07) is 5.41. The fourth-order valence-electron chi connectivity index (χ4n) is 5.17. The zero-order chi connectivity index (χ0) is 21.6. The maximum Gasteiger partial charge on any atom is 0.219 e. The van der Waals surface area contributed by atoms with Crippen LogP contribution in [-0.4, -0.2) is 48.0 Å². The number of fused-ring (bicyclic) bond motifs is 4. The van der Waals surface area contributed by atoms with Crippen molar-refractivity contribution < 1.29 is 17.5 Å². The van der Waals surface area contributed by atoms with Crippen LogP contribution in [0.4, 0.5) is 10.2 Å². The SMILES string of the molecule is Cc1nc2c(c(NC[C@H]3CCCO3)n1)[C@H]1CC[C@@H](C2)N1S(=O)(=O)Cc1cccc(F)c1. The number of rotatable bonds is 6. The molecule has 7 nitrogen and oxygen atoms in total. The predicted octanol–water partition coefficient (Wildman–Crippen LogP) is 3.11. The van der Waals surface area contributed by atoms with Crippen LogP contribution in [0, 0.1) is 12.7 Å². The third-order valence-corrected chi connectivity index (χ3v) is 8.31. The fraction of sp³-hybridized carbons (Fsp3) is 0.545. The Kier molecular flexibility index (Phi) is 5.44. The third-order valence-electron chi connectivity index (χ3n) is 6.42. The van der Waals surface area contributed by atoms with Crippen molar-refractivity contribution in [2.75, 3.05) is 18.5 Å². The Labute approximate surface area is 182 Å². The monoisotopic (exact) mass is 446 g/mol. The van der Waals surface area contributed by atoms with Crippen molar-refractivity contribution in [2.24, 2.45) is 0 Å². The molecule has 1 aromatic heterocycles. The van der Waals surface area contributed by atoms with Crippen LogP contribution in [0.5, 0.6) is 0 Å². The summed E-state index contributed by atoms with van der Waals surface area (Å²) in [6.07, 6.45) is 4.32. The first-order valence-electron chi connectivity index (χ1n) is 10.9. The van der Waals surface area contributed by atoms with E-state index in [1.807, 2.05) is 6.92 Å². The second-order valence-corrected chi connectivity index (χ2v) is 10.5. The first-order chi connectivity index (χ1) is 14.9. The molecule has 0 amide bonds. The number of hydrogen-bond donors (Lipinski definition) is 1. The smallest absolute Gasteiger partial charge is 0.219 e. The molecule has 1 aromatic carbocycles. The highest BCUT2D eigenvalue weighted by Gasteiger charge is 2.48. The molecule has 3 aliphatic rings. The van der Waals surface area contributed by atoms with Gasteiger partial charge in [-0.15, -0.1) is 0 Å². The number of hydrogen-bond acceptors (Lipinski definition) is 6. The Morgan fingerprint density at radius 3 is 2.90 bits per heavy atom. The molecule has 2 fully saturated rings. The maximum atomic E-state index is 13.6. The Morgan fingerprint density at radius 1 is 1.26 bits per heavy atom. The standard InChI is InChI=1S/C22H27FN4O3S/c1-14-25-19-11-17-7-8-20(21(19)22(26-14)24-12-18-6-3-9-30-18)27(17)31(28,29)13-15-4-2-5-16(23)10-15/h2,4-5,10,17-18,20H,3,6-9,11-13H2,1H3,(H,24,25,26)/t17-,18+,20+/m0/s1. The van der Waals surface area contributed by atoms with Gasteiger partial charge >= 0.3 is 0 Å². The predicted molar refractivity (Wildman–Crippen MR) is 115 cm³/mol. The molecular formula is C22H27FN4O3S. The lowest BCUT2D eigenvalue weighted by molar-refractivity contribution is 0.120. The molecule has 0 spiro atoms. The lowest BCUT2D eigenvalue weighted by Crippen LogP contribution is -2.43. The highest BCUT2D eigenvalue weighted by Crippen LogP contribution is 2.47. The van der Waals surface area contributed by atoms with Gasteiger partial charge in [0, 0.05) is 31.2 Å². The van der Waals surface area contributed by atoms with E-state index in [0.717, 1.165) is 43.5 Å². The molecule has 31 heavy (non-hydrogen) atoms. The normalized spacial score (nSPS) is 25.5. The highest BCUT2D eigenvalue weighted by molar-refractivity contribution is 7.88. The van der Waals surface area contributed by atoms with Crippen molar-refractivity contribution in [3.05, 3.63) is 52.7 Å². The number of sulfonamides is 1. The fourth-order valence-corrected chi connectivity index (χ4v) is 7.16. The summed E-state index contributed by atoms with van der Waals surface area (Å²) in [4.78, 5) is 9.28. The second-order valence-electron chi connectivity index (χ2n) is 8.66. The lowest BCUT2D eigenvalue weighted by Gasteiger charge is -2.35. The minimum Gasteiger partial charge on any atom is -0.376 e. The van der Waals surface area contributed by atoms with E-state index < -0.39 is 15.8 Å². The Morgan fingerprint density at radius 2 is 2.13 bits per heavy atom. The Balaban J connectivity index is 1.45. The van der Waals surface area contributed by atoms with Crippen molar-refractivity contribution in [2.45, 2.75) is 63.0 Å². The first-order valence-corrected chi connectivity index (χ1v) is 12.5. The third kappa shape index (κ3) is 4.06. The Bertz CT molecular complexity index is 1090. The molecule has 1 N–H and O–H groups in total. The van der Waals surface area contributed by atoms with Gasteiger partial charge in [0.15, 0.2) is 0 Å². The summed E-state index contributed by atoms with van der Waals surface area (Å²) < 4.78 is 47.8. The van der Waals surface area contributed by atoms with Crippen LogP contribution in [0.3, 0.4) is 0 Å². The van der Waals surface area contributed by atoms with Crippen molar-refractivity contribution in [3.8, 4) is 0 Å². The molecular weight excluding hydrogens is 419 g/mol. The molecule has 3 atom stereocenters. The number of halogens is 1. The number of nitrogens with one attached hydrogen (secondary N) is 1. The minimum absolute atomic E-state index is 0.114. The van der Waals surface area contributed by atoms with Crippen LogP contribution in [0.1, 0.15) is 54.4 Å². The molecule has 5 rings (SSSR count). The molecule has 4 heterocycles. The van der Waals surface area contributed by atoms with Gasteiger partial charge in [0.05, 0.1) is 23.6 Å². The number of aryl methyl sites for hydroxylation is 1. The molecule has 2 aromatic rings. The van der Waals surface area contributed by atoms with E-state index in [4.69, 9.17) is 4.74 Å². The van der Waals surface area contributed by atoms with Gasteiger partial charge in [-0.3, -0.25) is 0 Å². The van der Waals surface area contributed by atoms with Gasteiger partial charge in [-0.05, 0) is 50.3 Å². The maximum absolute atomic E-state index is 13.6. The van der Waals surface area contributed by atoms with E-state index in [0.29, 0.717) is 30.2 Å². The summed E-state index contributed by atoms with van der Waals surface area (Å²) >= 11 is 0. The Hall–Kier alpha value is -2.10. The molecule has 0 radical (unpaired) electrons. The summed E-state index contributed by atoms with van der Waals surface area (Å²) in [5.41, 5.74) is 2.29. The molecule has 0 aliphatic carbocycles. The highest BCUT2D eigenvalue weighted by atomic mass is 32.2. The molecule has 2 saturated heterocycles. The minimum atomic E-state index is -3.63.